The van der Waals surface area contributed by atoms with E-state index in [1.165, 1.54) is 0 Å². The quantitative estimate of drug-likeness (QED) is 0.602. The number of carbonyl (C=O) groups is 3. The van der Waals surface area contributed by atoms with Crippen molar-refractivity contribution in [1.82, 2.24) is 10.6 Å². The SMILES string of the molecule is CSCCC(NC(=O)c1cccc(C)c1)C(=O)NCc1cccc(C(N)=O)c1. The zero-order chi connectivity index (χ0) is 20.5. The molecular formula is C21H25N3O3S. The van der Waals surface area contributed by atoms with Crippen LogP contribution in [0.25, 0.3) is 0 Å². The Labute approximate surface area is 169 Å². The Morgan fingerprint density at radius 2 is 1.79 bits per heavy atom. The van der Waals surface area contributed by atoms with Gasteiger partial charge in [-0.25, -0.2) is 0 Å². The van der Waals surface area contributed by atoms with Crippen molar-refractivity contribution in [3.05, 3.63) is 70.8 Å². The van der Waals surface area contributed by atoms with Crippen LogP contribution in [-0.2, 0) is 11.3 Å². The lowest BCUT2D eigenvalue weighted by atomic mass is 10.1. The maximum absolute atomic E-state index is 12.6. The zero-order valence-electron chi connectivity index (χ0n) is 16.0. The summed E-state index contributed by atoms with van der Waals surface area (Å²) in [6.45, 7) is 2.16. The summed E-state index contributed by atoms with van der Waals surface area (Å²) < 4.78 is 0. The molecule has 0 heterocycles. The maximum atomic E-state index is 12.6. The maximum Gasteiger partial charge on any atom is 0.251 e. The number of nitrogens with one attached hydrogen (secondary N) is 2. The molecule has 6 nitrogen and oxygen atoms in total. The molecule has 0 saturated heterocycles. The van der Waals surface area contributed by atoms with E-state index in [0.29, 0.717) is 17.5 Å². The standard InChI is InChI=1S/C21H25N3O3S/c1-14-5-3-8-17(11-14)20(26)24-18(9-10-28-2)21(27)23-13-15-6-4-7-16(12-15)19(22)25/h3-8,11-12,18H,9-10,13H2,1-2H3,(H2,22,25)(H,23,27)(H,24,26). The van der Waals surface area contributed by atoms with E-state index in [4.69, 9.17) is 5.73 Å². The molecule has 0 spiro atoms. The lowest BCUT2D eigenvalue weighted by molar-refractivity contribution is -0.123. The molecule has 0 aliphatic heterocycles. The molecule has 7 heteroatoms. The second kappa shape index (κ2) is 10.5. The number of aryl methyl sites for hydroxylation is 1. The first kappa shape index (κ1) is 21.5. The van der Waals surface area contributed by atoms with Gasteiger partial charge in [0.15, 0.2) is 0 Å². The summed E-state index contributed by atoms with van der Waals surface area (Å²) in [5, 5.41) is 5.65. The lowest BCUT2D eigenvalue weighted by Gasteiger charge is -2.18. The van der Waals surface area contributed by atoms with E-state index in [1.54, 1.807) is 48.2 Å². The summed E-state index contributed by atoms with van der Waals surface area (Å²) in [7, 11) is 0. The van der Waals surface area contributed by atoms with Crippen molar-refractivity contribution in [3.8, 4) is 0 Å². The second-order valence-corrected chi connectivity index (χ2v) is 7.45. The van der Waals surface area contributed by atoms with Gasteiger partial charge in [-0.3, -0.25) is 14.4 Å². The van der Waals surface area contributed by atoms with Gasteiger partial charge in [0.1, 0.15) is 6.04 Å². The van der Waals surface area contributed by atoms with Crippen molar-refractivity contribution in [2.24, 2.45) is 5.73 Å². The van der Waals surface area contributed by atoms with E-state index in [0.717, 1.165) is 16.9 Å². The van der Waals surface area contributed by atoms with E-state index in [9.17, 15) is 14.4 Å². The molecule has 0 aromatic heterocycles. The molecule has 0 radical (unpaired) electrons. The van der Waals surface area contributed by atoms with Gasteiger partial charge in [-0.1, -0.05) is 29.8 Å². The van der Waals surface area contributed by atoms with E-state index >= 15 is 0 Å². The summed E-state index contributed by atoms with van der Waals surface area (Å²) in [4.78, 5) is 36.5. The van der Waals surface area contributed by atoms with Gasteiger partial charge in [-0.15, -0.1) is 0 Å². The fourth-order valence-electron chi connectivity index (χ4n) is 2.68. The minimum absolute atomic E-state index is 0.246. The number of amides is 3. The zero-order valence-corrected chi connectivity index (χ0v) is 16.8. The van der Waals surface area contributed by atoms with Crippen LogP contribution in [0.5, 0.6) is 0 Å². The molecule has 0 bridgehead atoms. The van der Waals surface area contributed by atoms with Crippen molar-refractivity contribution in [3.63, 3.8) is 0 Å². The third-order valence-electron chi connectivity index (χ3n) is 4.19. The fourth-order valence-corrected chi connectivity index (χ4v) is 3.15. The number of nitrogens with two attached hydrogens (primary N) is 1. The average Bonchev–Trinajstić information content (AvgIpc) is 2.69. The fraction of sp³-hybridized carbons (Fsp3) is 0.286. The van der Waals surface area contributed by atoms with Gasteiger partial charge in [0.2, 0.25) is 11.8 Å². The van der Waals surface area contributed by atoms with E-state index in [1.807, 2.05) is 25.3 Å². The van der Waals surface area contributed by atoms with E-state index in [2.05, 4.69) is 10.6 Å². The predicted octanol–water partition coefficient (Wildman–Crippen LogP) is 2.26. The molecule has 148 valence electrons. The van der Waals surface area contributed by atoms with Crippen LogP contribution in [0.4, 0.5) is 0 Å². The van der Waals surface area contributed by atoms with Crippen LogP contribution in [0, 0.1) is 6.92 Å². The molecule has 3 amide bonds. The van der Waals surface area contributed by atoms with Gasteiger partial charge in [-0.05, 0) is 55.2 Å². The first-order valence-electron chi connectivity index (χ1n) is 8.93. The molecule has 1 atom stereocenters. The van der Waals surface area contributed by atoms with Crippen LogP contribution in [0.3, 0.4) is 0 Å². The predicted molar refractivity (Wildman–Crippen MR) is 112 cm³/mol. The van der Waals surface area contributed by atoms with Crippen LogP contribution in [0.1, 0.15) is 38.3 Å². The summed E-state index contributed by atoms with van der Waals surface area (Å²) in [6, 6.07) is 13.4. The Morgan fingerprint density at radius 3 is 2.46 bits per heavy atom. The monoisotopic (exact) mass is 399 g/mol. The number of carbonyl (C=O) groups excluding carboxylic acids is 3. The van der Waals surface area contributed by atoms with Crippen LogP contribution in [0.2, 0.25) is 0 Å². The average molecular weight is 400 g/mol. The van der Waals surface area contributed by atoms with Gasteiger partial charge < -0.3 is 16.4 Å². The van der Waals surface area contributed by atoms with E-state index < -0.39 is 11.9 Å². The highest BCUT2D eigenvalue weighted by Crippen LogP contribution is 2.08. The number of hydrogen-bond acceptors (Lipinski definition) is 4. The molecule has 0 fully saturated rings. The Hall–Kier alpha value is -2.80. The van der Waals surface area contributed by atoms with Crippen molar-refractivity contribution in [1.29, 1.82) is 0 Å². The third-order valence-corrected chi connectivity index (χ3v) is 4.83. The molecule has 2 rings (SSSR count). The Kier molecular flexibility index (Phi) is 8.07. The third kappa shape index (κ3) is 6.42. The largest absolute Gasteiger partial charge is 0.366 e. The molecule has 0 aliphatic rings. The summed E-state index contributed by atoms with van der Waals surface area (Å²) in [5.74, 6) is -0.319. The molecule has 0 aliphatic carbocycles. The number of thioether (sulfide) groups is 1. The second-order valence-electron chi connectivity index (χ2n) is 6.46. The highest BCUT2D eigenvalue weighted by Gasteiger charge is 2.21. The van der Waals surface area contributed by atoms with Crippen LogP contribution in [-0.4, -0.2) is 35.8 Å². The summed E-state index contributed by atoms with van der Waals surface area (Å²) in [6.07, 6.45) is 2.47. The Bertz CT molecular complexity index is 854. The molecule has 1 unspecified atom stereocenters. The first-order chi connectivity index (χ1) is 13.4. The number of rotatable bonds is 9. The number of benzene rings is 2. The minimum atomic E-state index is -0.639. The molecule has 2 aromatic rings. The Balaban J connectivity index is 2.03. The van der Waals surface area contributed by atoms with Crippen molar-refractivity contribution >= 4 is 29.5 Å². The highest BCUT2D eigenvalue weighted by molar-refractivity contribution is 7.98. The molecular weight excluding hydrogens is 374 g/mol. The lowest BCUT2D eigenvalue weighted by Crippen LogP contribution is -2.46. The van der Waals surface area contributed by atoms with Crippen molar-refractivity contribution in [2.75, 3.05) is 12.0 Å². The van der Waals surface area contributed by atoms with Crippen LogP contribution in [0.15, 0.2) is 48.5 Å². The van der Waals surface area contributed by atoms with Gasteiger partial charge in [0, 0.05) is 17.7 Å². The smallest absolute Gasteiger partial charge is 0.251 e. The summed E-state index contributed by atoms with van der Waals surface area (Å²) in [5.41, 5.74) is 7.94. The number of hydrogen-bond donors (Lipinski definition) is 3. The van der Waals surface area contributed by atoms with E-state index in [-0.39, 0.29) is 18.4 Å². The Morgan fingerprint density at radius 1 is 1.07 bits per heavy atom. The summed E-state index contributed by atoms with van der Waals surface area (Å²) >= 11 is 1.61. The van der Waals surface area contributed by atoms with Gasteiger partial charge >= 0.3 is 0 Å². The molecule has 28 heavy (non-hydrogen) atoms. The van der Waals surface area contributed by atoms with Gasteiger partial charge in [0.05, 0.1) is 0 Å². The van der Waals surface area contributed by atoms with Gasteiger partial charge in [0.25, 0.3) is 5.91 Å². The van der Waals surface area contributed by atoms with Gasteiger partial charge in [-0.2, -0.15) is 11.8 Å². The highest BCUT2D eigenvalue weighted by atomic mass is 32.2. The minimum Gasteiger partial charge on any atom is -0.366 e. The molecule has 4 N–H and O–H groups in total. The van der Waals surface area contributed by atoms with Crippen molar-refractivity contribution < 1.29 is 14.4 Å². The molecule has 2 aromatic carbocycles. The topological polar surface area (TPSA) is 101 Å². The van der Waals surface area contributed by atoms with Crippen molar-refractivity contribution in [2.45, 2.75) is 25.9 Å². The van der Waals surface area contributed by atoms with Crippen LogP contribution >= 0.6 is 11.8 Å². The number of primary amides is 1. The van der Waals surface area contributed by atoms with Crippen LogP contribution < -0.4 is 16.4 Å². The first-order valence-corrected chi connectivity index (χ1v) is 10.3. The normalized spacial score (nSPS) is 11.5. The molecule has 0 saturated carbocycles.